The Bertz CT molecular complexity index is 1020. The number of nitrogens with one attached hydrogen (secondary N) is 2. The summed E-state index contributed by atoms with van der Waals surface area (Å²) < 4.78 is 0. The summed E-state index contributed by atoms with van der Waals surface area (Å²) in [4.78, 5) is 40.8. The van der Waals surface area contributed by atoms with Gasteiger partial charge in [-0.3, -0.25) is 19.8 Å². The van der Waals surface area contributed by atoms with Crippen LogP contribution in [0.2, 0.25) is 0 Å². The minimum Gasteiger partial charge on any atom is -0.480 e. The molecular weight excluding hydrogens is 440 g/mol. The highest BCUT2D eigenvalue weighted by atomic mass is 16.6. The Hall–Kier alpha value is -3.70. The van der Waals surface area contributed by atoms with Gasteiger partial charge >= 0.3 is 12.0 Å². The standard InChI is InChI=1S/C23H28N6O5/c30-22(31)21(17-1-5-20(6-2-17)29(33)34)27-13-15-28(16-14-27)23(32)25-18-3-7-19(8-4-18)26-11-9-24-10-12-26/h1-8,21,24H,9-16H2,(H,25,32)(H,30,31). The number of amides is 2. The van der Waals surface area contributed by atoms with Crippen LogP contribution in [0.25, 0.3) is 0 Å². The minimum absolute atomic E-state index is 0.0876. The Morgan fingerprint density at radius 3 is 2.12 bits per heavy atom. The third-order valence-corrected chi connectivity index (χ3v) is 6.22. The van der Waals surface area contributed by atoms with Crippen molar-refractivity contribution in [1.29, 1.82) is 0 Å². The fraction of sp³-hybridized carbons (Fsp3) is 0.391. The van der Waals surface area contributed by atoms with E-state index in [-0.39, 0.29) is 11.7 Å². The molecule has 11 nitrogen and oxygen atoms in total. The number of carboxylic acid groups (broad SMARTS) is 1. The molecule has 2 aliphatic rings. The molecule has 0 radical (unpaired) electrons. The molecular formula is C23H28N6O5. The van der Waals surface area contributed by atoms with E-state index >= 15 is 0 Å². The lowest BCUT2D eigenvalue weighted by Crippen LogP contribution is -2.52. The van der Waals surface area contributed by atoms with Crippen molar-refractivity contribution in [2.24, 2.45) is 0 Å². The third kappa shape index (κ3) is 5.43. The van der Waals surface area contributed by atoms with E-state index in [1.54, 1.807) is 9.80 Å². The number of benzene rings is 2. The van der Waals surface area contributed by atoms with E-state index in [4.69, 9.17) is 0 Å². The van der Waals surface area contributed by atoms with Crippen LogP contribution in [0.5, 0.6) is 0 Å². The molecule has 0 bridgehead atoms. The zero-order chi connectivity index (χ0) is 24.1. The van der Waals surface area contributed by atoms with Crippen LogP contribution in [0, 0.1) is 10.1 Å². The fourth-order valence-corrected chi connectivity index (χ4v) is 4.35. The van der Waals surface area contributed by atoms with E-state index in [9.17, 15) is 24.8 Å². The second-order valence-electron chi connectivity index (χ2n) is 8.33. The van der Waals surface area contributed by atoms with E-state index in [0.717, 1.165) is 31.9 Å². The number of carbonyl (C=O) groups is 2. The lowest BCUT2D eigenvalue weighted by molar-refractivity contribution is -0.384. The van der Waals surface area contributed by atoms with Crippen LogP contribution in [-0.2, 0) is 4.79 Å². The number of anilines is 2. The Kier molecular flexibility index (Phi) is 7.24. The summed E-state index contributed by atoms with van der Waals surface area (Å²) in [6.45, 7) is 5.32. The molecule has 2 aromatic rings. The molecule has 11 heteroatoms. The maximum absolute atomic E-state index is 12.7. The van der Waals surface area contributed by atoms with Crippen molar-refractivity contribution in [2.45, 2.75) is 6.04 Å². The summed E-state index contributed by atoms with van der Waals surface area (Å²) in [5.74, 6) is -1.03. The quantitative estimate of drug-likeness (QED) is 0.433. The van der Waals surface area contributed by atoms with Crippen molar-refractivity contribution in [3.05, 3.63) is 64.2 Å². The first kappa shape index (κ1) is 23.5. The number of non-ortho nitro benzene ring substituents is 1. The average molecular weight is 469 g/mol. The van der Waals surface area contributed by atoms with Gasteiger partial charge in [0.05, 0.1) is 4.92 Å². The number of nitrogens with zero attached hydrogens (tertiary/aromatic N) is 4. The van der Waals surface area contributed by atoms with Gasteiger partial charge in [0, 0.05) is 75.9 Å². The van der Waals surface area contributed by atoms with Crippen LogP contribution in [-0.4, -0.2) is 84.2 Å². The number of hydrogen-bond donors (Lipinski definition) is 3. The van der Waals surface area contributed by atoms with Gasteiger partial charge in [-0.15, -0.1) is 0 Å². The van der Waals surface area contributed by atoms with Crippen molar-refractivity contribution < 1.29 is 19.6 Å². The third-order valence-electron chi connectivity index (χ3n) is 6.22. The number of urea groups is 1. The van der Waals surface area contributed by atoms with Crippen LogP contribution < -0.4 is 15.5 Å². The van der Waals surface area contributed by atoms with Crippen molar-refractivity contribution in [2.75, 3.05) is 62.6 Å². The molecule has 0 saturated carbocycles. The van der Waals surface area contributed by atoms with Crippen LogP contribution in [0.3, 0.4) is 0 Å². The SMILES string of the molecule is O=C(O)C(c1ccc([N+](=O)[O-])cc1)N1CCN(C(=O)Nc2ccc(N3CCNCC3)cc2)CC1. The summed E-state index contributed by atoms with van der Waals surface area (Å²) in [6.07, 6.45) is 0. The van der Waals surface area contributed by atoms with Gasteiger partial charge in [0.25, 0.3) is 5.69 Å². The molecule has 4 rings (SSSR count). The van der Waals surface area contributed by atoms with Gasteiger partial charge in [-0.2, -0.15) is 0 Å². The lowest BCUT2D eigenvalue weighted by Gasteiger charge is -2.37. The molecule has 3 N–H and O–H groups in total. The van der Waals surface area contributed by atoms with Gasteiger partial charge in [0.15, 0.2) is 0 Å². The van der Waals surface area contributed by atoms with E-state index in [2.05, 4.69) is 15.5 Å². The molecule has 0 aromatic heterocycles. The zero-order valence-electron chi connectivity index (χ0n) is 18.7. The highest BCUT2D eigenvalue weighted by molar-refractivity contribution is 5.89. The van der Waals surface area contributed by atoms with E-state index < -0.39 is 16.9 Å². The van der Waals surface area contributed by atoms with E-state index in [0.29, 0.717) is 37.4 Å². The molecule has 2 saturated heterocycles. The second kappa shape index (κ2) is 10.5. The van der Waals surface area contributed by atoms with Gasteiger partial charge in [-0.05, 0) is 29.8 Å². The topological polar surface area (TPSA) is 131 Å². The smallest absolute Gasteiger partial charge is 0.325 e. The minimum atomic E-state index is -1.03. The summed E-state index contributed by atoms with van der Waals surface area (Å²) in [5.41, 5.74) is 2.22. The Labute approximate surface area is 197 Å². The fourth-order valence-electron chi connectivity index (χ4n) is 4.35. The number of hydrogen-bond acceptors (Lipinski definition) is 7. The van der Waals surface area contributed by atoms with Crippen molar-refractivity contribution in [3.8, 4) is 0 Å². The van der Waals surface area contributed by atoms with Crippen molar-refractivity contribution in [3.63, 3.8) is 0 Å². The molecule has 2 aliphatic heterocycles. The number of rotatable bonds is 6. The van der Waals surface area contributed by atoms with Gasteiger partial charge in [-0.25, -0.2) is 4.79 Å². The number of carboxylic acids is 1. The normalized spacial score (nSPS) is 17.8. The number of piperazine rings is 2. The van der Waals surface area contributed by atoms with Crippen molar-refractivity contribution >= 4 is 29.1 Å². The molecule has 2 heterocycles. The molecule has 2 fully saturated rings. The van der Waals surface area contributed by atoms with Crippen LogP contribution in [0.1, 0.15) is 11.6 Å². The van der Waals surface area contributed by atoms with Gasteiger partial charge in [0.2, 0.25) is 0 Å². The van der Waals surface area contributed by atoms with E-state index in [1.165, 1.54) is 24.3 Å². The first-order valence-corrected chi connectivity index (χ1v) is 11.3. The molecule has 1 atom stereocenters. The molecule has 2 amide bonds. The number of nitro groups is 1. The molecule has 0 spiro atoms. The maximum atomic E-state index is 12.7. The Balaban J connectivity index is 1.32. The van der Waals surface area contributed by atoms with Crippen LogP contribution in [0.15, 0.2) is 48.5 Å². The monoisotopic (exact) mass is 468 g/mol. The first-order valence-electron chi connectivity index (χ1n) is 11.3. The summed E-state index contributed by atoms with van der Waals surface area (Å²) in [5, 5.41) is 26.9. The first-order chi connectivity index (χ1) is 16.4. The zero-order valence-corrected chi connectivity index (χ0v) is 18.7. The molecule has 2 aromatic carbocycles. The average Bonchev–Trinajstić information content (AvgIpc) is 2.86. The highest BCUT2D eigenvalue weighted by Gasteiger charge is 2.32. The summed E-state index contributed by atoms with van der Waals surface area (Å²) >= 11 is 0. The predicted molar refractivity (Wildman–Crippen MR) is 127 cm³/mol. The van der Waals surface area contributed by atoms with Crippen LogP contribution in [0.4, 0.5) is 21.9 Å². The largest absolute Gasteiger partial charge is 0.480 e. The van der Waals surface area contributed by atoms with Crippen LogP contribution >= 0.6 is 0 Å². The van der Waals surface area contributed by atoms with E-state index in [1.807, 2.05) is 24.3 Å². The summed E-state index contributed by atoms with van der Waals surface area (Å²) in [7, 11) is 0. The lowest BCUT2D eigenvalue weighted by atomic mass is 10.0. The number of aliphatic carboxylic acids is 1. The maximum Gasteiger partial charge on any atom is 0.325 e. The van der Waals surface area contributed by atoms with Gasteiger partial charge in [0.1, 0.15) is 6.04 Å². The number of nitro benzene ring substituents is 1. The predicted octanol–water partition coefficient (Wildman–Crippen LogP) is 1.98. The highest BCUT2D eigenvalue weighted by Crippen LogP contribution is 2.25. The molecule has 180 valence electrons. The van der Waals surface area contributed by atoms with Gasteiger partial charge < -0.3 is 25.5 Å². The second-order valence-corrected chi connectivity index (χ2v) is 8.33. The number of carbonyl (C=O) groups excluding carboxylic acids is 1. The van der Waals surface area contributed by atoms with Gasteiger partial charge in [-0.1, -0.05) is 12.1 Å². The Morgan fingerprint density at radius 1 is 0.941 bits per heavy atom. The van der Waals surface area contributed by atoms with Crippen molar-refractivity contribution in [1.82, 2.24) is 15.1 Å². The molecule has 0 aliphatic carbocycles. The molecule has 1 unspecified atom stereocenters. The summed E-state index contributed by atoms with van der Waals surface area (Å²) in [6, 6.07) is 12.2. The molecule has 34 heavy (non-hydrogen) atoms. The Morgan fingerprint density at radius 2 is 1.56 bits per heavy atom.